The zero-order chi connectivity index (χ0) is 24.4. The molecule has 0 saturated carbocycles. The summed E-state index contributed by atoms with van der Waals surface area (Å²) in [6.45, 7) is 0. The van der Waals surface area contributed by atoms with Crippen molar-refractivity contribution >= 4 is 23.2 Å². The number of rotatable bonds is 7. The minimum absolute atomic E-state index is 0.0404. The maximum Gasteiger partial charge on any atom is 0.297 e. The molecule has 0 spiro atoms. The number of hydrogen-bond acceptors (Lipinski definition) is 8. The number of benzene rings is 2. The number of aromatic nitrogens is 6. The summed E-state index contributed by atoms with van der Waals surface area (Å²) in [7, 11) is 3.09. The van der Waals surface area contributed by atoms with Crippen LogP contribution in [-0.2, 0) is 0 Å². The van der Waals surface area contributed by atoms with E-state index in [9.17, 15) is 9.18 Å². The minimum Gasteiger partial charge on any atom is -0.497 e. The molecule has 0 bridgehead atoms. The molecule has 3 heterocycles. The van der Waals surface area contributed by atoms with Gasteiger partial charge in [-0.3, -0.25) is 15.2 Å². The number of thiophene rings is 1. The average Bonchev–Trinajstić information content (AvgIpc) is 3.64. The highest BCUT2D eigenvalue weighted by molar-refractivity contribution is 7.13. The molecule has 0 atom stereocenters. The van der Waals surface area contributed by atoms with E-state index in [4.69, 9.17) is 9.47 Å². The third kappa shape index (κ3) is 4.46. The molecule has 35 heavy (non-hydrogen) atoms. The number of aromatic amines is 1. The van der Waals surface area contributed by atoms with Gasteiger partial charge in [-0.1, -0.05) is 6.07 Å². The molecule has 1 amide bonds. The van der Waals surface area contributed by atoms with Crippen LogP contribution in [0.25, 0.3) is 27.8 Å². The molecule has 3 aromatic heterocycles. The summed E-state index contributed by atoms with van der Waals surface area (Å²) in [5, 5.41) is 15.7. The van der Waals surface area contributed by atoms with E-state index in [-0.39, 0.29) is 17.6 Å². The van der Waals surface area contributed by atoms with Gasteiger partial charge in [-0.25, -0.2) is 14.1 Å². The standard InChI is InChI=1S/C23H18FN7O3S/c1-33-15-9-10-16(17(12-15)34-2)19-26-23(29-28-19)27-22(32)20-25-21(18-4-3-11-35-18)31(30-20)14-7-5-13(24)6-8-14/h3-12H,1-2H3,(H2,26,27,28,29,32). The van der Waals surface area contributed by atoms with Gasteiger partial charge in [0.05, 0.1) is 30.3 Å². The van der Waals surface area contributed by atoms with Gasteiger partial charge < -0.3 is 9.47 Å². The second kappa shape index (κ2) is 9.35. The van der Waals surface area contributed by atoms with Crippen LogP contribution in [0, 0.1) is 5.82 Å². The van der Waals surface area contributed by atoms with Crippen LogP contribution in [0.1, 0.15) is 10.6 Å². The first-order valence-corrected chi connectivity index (χ1v) is 11.2. The highest BCUT2D eigenvalue weighted by Crippen LogP contribution is 2.31. The first kappa shape index (κ1) is 22.2. The van der Waals surface area contributed by atoms with Gasteiger partial charge >= 0.3 is 0 Å². The van der Waals surface area contributed by atoms with Crippen molar-refractivity contribution in [3.05, 3.63) is 71.6 Å². The maximum absolute atomic E-state index is 13.4. The Hall–Kier alpha value is -4.58. The van der Waals surface area contributed by atoms with Gasteiger partial charge in [-0.2, -0.15) is 4.98 Å². The summed E-state index contributed by atoms with van der Waals surface area (Å²) in [4.78, 5) is 22.5. The summed E-state index contributed by atoms with van der Waals surface area (Å²) in [6, 6.07) is 14.7. The summed E-state index contributed by atoms with van der Waals surface area (Å²) in [6.07, 6.45) is 0. The number of ether oxygens (including phenoxy) is 2. The SMILES string of the molecule is COc1ccc(-c2nc(NC(=O)c3nc(-c4cccs4)n(-c4ccc(F)cc4)n3)n[nH]2)c(OC)c1. The highest BCUT2D eigenvalue weighted by Gasteiger charge is 2.21. The van der Waals surface area contributed by atoms with E-state index in [1.165, 1.54) is 35.3 Å². The van der Waals surface area contributed by atoms with Crippen LogP contribution < -0.4 is 14.8 Å². The summed E-state index contributed by atoms with van der Waals surface area (Å²) in [5.74, 6) is 0.972. The van der Waals surface area contributed by atoms with Crippen molar-refractivity contribution in [2.24, 2.45) is 0 Å². The second-order valence-corrected chi connectivity index (χ2v) is 8.10. The van der Waals surface area contributed by atoms with Crippen LogP contribution >= 0.6 is 11.3 Å². The lowest BCUT2D eigenvalue weighted by molar-refractivity contribution is 0.101. The van der Waals surface area contributed by atoms with Crippen LogP contribution in [0.4, 0.5) is 10.3 Å². The molecule has 12 heteroatoms. The smallest absolute Gasteiger partial charge is 0.297 e. The van der Waals surface area contributed by atoms with Crippen molar-refractivity contribution in [2.45, 2.75) is 0 Å². The van der Waals surface area contributed by atoms with E-state index in [1.807, 2.05) is 17.5 Å². The third-order valence-corrected chi connectivity index (χ3v) is 5.86. The van der Waals surface area contributed by atoms with Crippen LogP contribution in [0.3, 0.4) is 0 Å². The molecular formula is C23H18FN7O3S. The van der Waals surface area contributed by atoms with Gasteiger partial charge in [0.1, 0.15) is 17.3 Å². The normalized spacial score (nSPS) is 10.8. The molecular weight excluding hydrogens is 473 g/mol. The van der Waals surface area contributed by atoms with E-state index in [0.717, 1.165) is 4.88 Å². The molecule has 0 aliphatic carbocycles. The molecule has 2 aromatic carbocycles. The van der Waals surface area contributed by atoms with Crippen LogP contribution in [0.2, 0.25) is 0 Å². The molecule has 2 N–H and O–H groups in total. The van der Waals surface area contributed by atoms with E-state index >= 15 is 0 Å². The predicted molar refractivity (Wildman–Crippen MR) is 128 cm³/mol. The number of carbonyl (C=O) groups is 1. The van der Waals surface area contributed by atoms with Crippen LogP contribution in [0.5, 0.6) is 11.5 Å². The Bertz CT molecular complexity index is 1480. The fourth-order valence-electron chi connectivity index (χ4n) is 3.33. The molecule has 176 valence electrons. The topological polar surface area (TPSA) is 120 Å². The van der Waals surface area contributed by atoms with Gasteiger partial charge in [0.2, 0.25) is 11.8 Å². The molecule has 10 nitrogen and oxygen atoms in total. The number of anilines is 1. The fraction of sp³-hybridized carbons (Fsp3) is 0.0870. The van der Waals surface area contributed by atoms with Crippen molar-refractivity contribution in [1.82, 2.24) is 29.9 Å². The number of halogens is 1. The predicted octanol–water partition coefficient (Wildman–Crippen LogP) is 4.19. The fourth-order valence-corrected chi connectivity index (χ4v) is 4.02. The van der Waals surface area contributed by atoms with E-state index < -0.39 is 5.91 Å². The Kier molecular flexibility index (Phi) is 5.94. The first-order chi connectivity index (χ1) is 17.1. The Morgan fingerprint density at radius 1 is 1.09 bits per heavy atom. The van der Waals surface area contributed by atoms with Crippen molar-refractivity contribution in [3.8, 4) is 39.3 Å². The van der Waals surface area contributed by atoms with Crippen LogP contribution in [0.15, 0.2) is 60.0 Å². The zero-order valence-corrected chi connectivity index (χ0v) is 19.3. The zero-order valence-electron chi connectivity index (χ0n) is 18.5. The third-order valence-electron chi connectivity index (χ3n) is 5.00. The highest BCUT2D eigenvalue weighted by atomic mass is 32.1. The molecule has 0 saturated heterocycles. The molecule has 0 aliphatic rings. The Balaban J connectivity index is 1.43. The van der Waals surface area contributed by atoms with Crippen molar-refractivity contribution < 1.29 is 18.7 Å². The monoisotopic (exact) mass is 491 g/mol. The van der Waals surface area contributed by atoms with Crippen LogP contribution in [-0.4, -0.2) is 50.1 Å². The lowest BCUT2D eigenvalue weighted by Gasteiger charge is -2.07. The van der Waals surface area contributed by atoms with Gasteiger partial charge in [0.25, 0.3) is 5.91 Å². The van der Waals surface area contributed by atoms with Gasteiger partial charge in [0.15, 0.2) is 11.6 Å². The average molecular weight is 492 g/mol. The quantitative estimate of drug-likeness (QED) is 0.350. The van der Waals surface area contributed by atoms with Gasteiger partial charge in [-0.15, -0.1) is 21.5 Å². The Morgan fingerprint density at radius 2 is 1.91 bits per heavy atom. The molecule has 0 fully saturated rings. The number of nitrogens with zero attached hydrogens (tertiary/aromatic N) is 5. The molecule has 0 unspecified atom stereocenters. The minimum atomic E-state index is -0.601. The molecule has 0 radical (unpaired) electrons. The van der Waals surface area contributed by atoms with E-state index in [2.05, 4.69) is 30.6 Å². The number of amides is 1. The summed E-state index contributed by atoms with van der Waals surface area (Å²) < 4.78 is 25.5. The van der Waals surface area contributed by atoms with E-state index in [1.54, 1.807) is 37.4 Å². The van der Waals surface area contributed by atoms with E-state index in [0.29, 0.717) is 34.4 Å². The molecule has 0 aliphatic heterocycles. The number of carbonyl (C=O) groups excluding carboxylic acids is 1. The van der Waals surface area contributed by atoms with Crippen molar-refractivity contribution in [1.29, 1.82) is 0 Å². The lowest BCUT2D eigenvalue weighted by atomic mass is 10.2. The molecule has 5 rings (SSSR count). The number of hydrogen-bond donors (Lipinski definition) is 2. The number of nitrogens with one attached hydrogen (secondary N) is 2. The number of H-pyrrole nitrogens is 1. The lowest BCUT2D eigenvalue weighted by Crippen LogP contribution is -2.15. The second-order valence-electron chi connectivity index (χ2n) is 7.15. The Morgan fingerprint density at radius 3 is 2.63 bits per heavy atom. The maximum atomic E-state index is 13.4. The Labute approximate surface area is 202 Å². The van der Waals surface area contributed by atoms with Crippen molar-refractivity contribution in [2.75, 3.05) is 19.5 Å². The summed E-state index contributed by atoms with van der Waals surface area (Å²) >= 11 is 1.44. The first-order valence-electron chi connectivity index (χ1n) is 10.3. The van der Waals surface area contributed by atoms with Crippen molar-refractivity contribution in [3.63, 3.8) is 0 Å². The largest absolute Gasteiger partial charge is 0.497 e. The van der Waals surface area contributed by atoms with Gasteiger partial charge in [0, 0.05) is 6.07 Å². The summed E-state index contributed by atoms with van der Waals surface area (Å²) in [5.41, 5.74) is 1.20. The van der Waals surface area contributed by atoms with Gasteiger partial charge in [-0.05, 0) is 47.8 Å². The molecule has 5 aromatic rings. The number of methoxy groups -OCH3 is 2.